The Hall–Kier alpha value is 0.561. The zero-order valence-electron chi connectivity index (χ0n) is 10.2. The van der Waals surface area contributed by atoms with Gasteiger partial charge >= 0.3 is 21.7 Å². The molecular weight excluding hydrogens is 293 g/mol. The second-order valence-electron chi connectivity index (χ2n) is 3.91. The fourth-order valence-corrected chi connectivity index (χ4v) is 1.76. The molecule has 0 aromatic heterocycles. The van der Waals surface area contributed by atoms with Crippen LogP contribution in [0.25, 0.3) is 5.73 Å². The van der Waals surface area contributed by atoms with Crippen molar-refractivity contribution in [1.29, 1.82) is 0 Å². The van der Waals surface area contributed by atoms with Gasteiger partial charge in [-0.15, -0.1) is 11.6 Å². The topological polar surface area (TPSA) is 23.8 Å². The van der Waals surface area contributed by atoms with Gasteiger partial charge in [-0.2, -0.15) is 18.2 Å². The minimum Gasteiger partial charge on any atom is -1.00 e. The van der Waals surface area contributed by atoms with Gasteiger partial charge in [0.1, 0.15) is 0 Å². The summed E-state index contributed by atoms with van der Waals surface area (Å²) >= 11 is 0. The van der Waals surface area contributed by atoms with Crippen molar-refractivity contribution in [3.05, 3.63) is 47.3 Å². The van der Waals surface area contributed by atoms with Gasteiger partial charge in [0, 0.05) is 10.2 Å². The van der Waals surface area contributed by atoms with Gasteiger partial charge in [0.15, 0.2) is 0 Å². The molecule has 1 nitrogen and oxygen atoms in total. The van der Waals surface area contributed by atoms with Gasteiger partial charge in [-0.05, 0) is 6.92 Å². The molecule has 0 fully saturated rings. The molecule has 0 amide bonds. The summed E-state index contributed by atoms with van der Waals surface area (Å²) in [6, 6.07) is 10.0. The van der Waals surface area contributed by atoms with E-state index in [4.69, 9.17) is 5.73 Å². The Balaban J connectivity index is -0.0000000798. The van der Waals surface area contributed by atoms with E-state index in [1.165, 1.54) is 5.20 Å². The molecule has 0 unspecified atom stereocenters. The van der Waals surface area contributed by atoms with Crippen LogP contribution >= 0.6 is 0 Å². The molecule has 16 heavy (non-hydrogen) atoms. The average Bonchev–Trinajstić information content (AvgIpc) is 2.33. The Kier molecular flexibility index (Phi) is 21.6. The molecule has 0 atom stereocenters. The molecule has 0 aliphatic carbocycles. The predicted molar refractivity (Wildman–Crippen MR) is 64.1 cm³/mol. The first-order valence-corrected chi connectivity index (χ1v) is 5.49. The monoisotopic (exact) mass is 311 g/mol. The number of hydrogen-bond donors (Lipinski definition) is 0. The fraction of sp³-hybridized carbons (Fsp3) is 0.364. The normalized spacial score (nSPS) is 9.88. The number of allylic oxidation sites excluding steroid dienone is 1. The van der Waals surface area contributed by atoms with Crippen LogP contribution in [0.15, 0.2) is 41.6 Å². The molecular formula is C11H19Cl2NSiTi. The van der Waals surface area contributed by atoms with Crippen molar-refractivity contribution in [2.45, 2.75) is 26.3 Å². The smallest absolute Gasteiger partial charge is 1.00 e. The summed E-state index contributed by atoms with van der Waals surface area (Å²) < 4.78 is 0. The van der Waals surface area contributed by atoms with Gasteiger partial charge in [-0.3, -0.25) is 0 Å². The van der Waals surface area contributed by atoms with Crippen LogP contribution in [0, 0.1) is 0 Å². The van der Waals surface area contributed by atoms with Crippen molar-refractivity contribution in [2.24, 2.45) is 0 Å². The minimum absolute atomic E-state index is 0. The van der Waals surface area contributed by atoms with Crippen LogP contribution in [0.4, 0.5) is 0 Å². The zero-order valence-corrected chi connectivity index (χ0v) is 15.3. The Morgan fingerprint density at radius 1 is 1.25 bits per heavy atom. The summed E-state index contributed by atoms with van der Waals surface area (Å²) in [5.41, 5.74) is 7.05. The molecule has 1 aromatic carbocycles. The molecule has 0 radical (unpaired) electrons. The second kappa shape index (κ2) is 13.6. The van der Waals surface area contributed by atoms with Crippen molar-refractivity contribution in [2.75, 3.05) is 0 Å². The third kappa shape index (κ3) is 24.0. The quantitative estimate of drug-likeness (QED) is 0.380. The zero-order chi connectivity index (χ0) is 10.3. The van der Waals surface area contributed by atoms with Crippen molar-refractivity contribution in [3.63, 3.8) is 0 Å². The van der Waals surface area contributed by atoms with Crippen molar-refractivity contribution < 1.29 is 46.5 Å². The molecule has 90 valence electrons. The molecule has 0 bridgehead atoms. The van der Waals surface area contributed by atoms with Crippen LogP contribution in [0.3, 0.4) is 0 Å². The Morgan fingerprint density at radius 2 is 1.62 bits per heavy atom. The number of nitrogens with one attached hydrogen (secondary N) is 1. The van der Waals surface area contributed by atoms with Crippen LogP contribution in [-0.4, -0.2) is 15.8 Å². The summed E-state index contributed by atoms with van der Waals surface area (Å²) in [7, 11) is 1.09. The molecule has 5 heteroatoms. The van der Waals surface area contributed by atoms with Gasteiger partial charge < -0.3 is 30.5 Å². The van der Waals surface area contributed by atoms with Crippen molar-refractivity contribution in [1.82, 2.24) is 0 Å². The molecule has 1 aromatic rings. The molecule has 1 rings (SSSR count). The van der Waals surface area contributed by atoms with Gasteiger partial charge in [0.2, 0.25) is 0 Å². The summed E-state index contributed by atoms with van der Waals surface area (Å²) in [4.78, 5) is 0. The summed E-state index contributed by atoms with van der Waals surface area (Å²) in [6.45, 7) is 5.87. The van der Waals surface area contributed by atoms with Gasteiger partial charge in [-0.1, -0.05) is 19.0 Å². The van der Waals surface area contributed by atoms with E-state index in [0.29, 0.717) is 0 Å². The SMILES string of the molecule is CC([SiH3])=CC(C)(C)[NH-].[Cl-].[Cl-].[Ti+4].c1cc[cH-]c1. The molecule has 0 aliphatic heterocycles. The largest absolute Gasteiger partial charge is 4.00 e. The summed E-state index contributed by atoms with van der Waals surface area (Å²) in [5, 5.41) is 1.35. The Morgan fingerprint density at radius 3 is 1.69 bits per heavy atom. The number of hydrogen-bond acceptors (Lipinski definition) is 0. The minimum atomic E-state index is -0.355. The van der Waals surface area contributed by atoms with E-state index in [1.807, 2.05) is 50.3 Å². The molecule has 0 aliphatic rings. The van der Waals surface area contributed by atoms with Crippen molar-refractivity contribution in [3.8, 4) is 0 Å². The van der Waals surface area contributed by atoms with Crippen LogP contribution in [0.1, 0.15) is 20.8 Å². The molecule has 0 saturated heterocycles. The van der Waals surface area contributed by atoms with Gasteiger partial charge in [0.05, 0.1) is 0 Å². The molecule has 0 heterocycles. The third-order valence-corrected chi connectivity index (χ3v) is 1.49. The third-order valence-electron chi connectivity index (χ3n) is 1.21. The predicted octanol–water partition coefficient (Wildman–Crippen LogP) is -3.50. The summed E-state index contributed by atoms with van der Waals surface area (Å²) in [5.74, 6) is 0. The van der Waals surface area contributed by atoms with Crippen LogP contribution in [0.2, 0.25) is 0 Å². The van der Waals surface area contributed by atoms with E-state index < -0.39 is 0 Å². The van der Waals surface area contributed by atoms with Gasteiger partial charge in [0.25, 0.3) is 0 Å². The molecule has 1 N–H and O–H groups in total. The maximum absolute atomic E-state index is 7.41. The first kappa shape index (κ1) is 25.4. The number of rotatable bonds is 1. The average molecular weight is 312 g/mol. The van der Waals surface area contributed by atoms with Gasteiger partial charge in [-0.25, -0.2) is 12.1 Å². The van der Waals surface area contributed by atoms with E-state index in [-0.39, 0.29) is 52.1 Å². The Bertz CT molecular complexity index is 222. The number of halogens is 2. The first-order chi connectivity index (χ1) is 5.92. The molecule has 0 saturated carbocycles. The van der Waals surface area contributed by atoms with E-state index in [9.17, 15) is 0 Å². The fourth-order valence-electron chi connectivity index (χ4n) is 1.04. The van der Waals surface area contributed by atoms with E-state index in [0.717, 1.165) is 10.2 Å². The maximum Gasteiger partial charge on any atom is 4.00 e. The Labute approximate surface area is 130 Å². The standard InChI is InChI=1S/C6H14NSi.C5H5.2ClH.Ti/c1-5(8)4-6(2,3)7;1-2-4-5-3-1;;;/h4,7H,1-3,8H3;1-5H;2*1H;/q2*-1;;;+4/p-2. The first-order valence-electron chi connectivity index (χ1n) is 4.49. The second-order valence-corrected chi connectivity index (χ2v) is 5.48. The van der Waals surface area contributed by atoms with Crippen molar-refractivity contribution >= 4 is 10.2 Å². The van der Waals surface area contributed by atoms with Crippen LogP contribution < -0.4 is 24.8 Å². The van der Waals surface area contributed by atoms with Crippen LogP contribution in [0.5, 0.6) is 0 Å². The van der Waals surface area contributed by atoms with E-state index in [1.54, 1.807) is 0 Å². The van der Waals surface area contributed by atoms with E-state index in [2.05, 4.69) is 6.92 Å². The van der Waals surface area contributed by atoms with Crippen LogP contribution in [-0.2, 0) is 21.7 Å². The summed E-state index contributed by atoms with van der Waals surface area (Å²) in [6.07, 6.45) is 2.00. The maximum atomic E-state index is 7.41. The molecule has 0 spiro atoms. The van der Waals surface area contributed by atoms with E-state index >= 15 is 0 Å².